The molecule has 1 aromatic rings. The summed E-state index contributed by atoms with van der Waals surface area (Å²) in [4.78, 5) is 16.1. The van der Waals surface area contributed by atoms with Crippen LogP contribution in [0.5, 0.6) is 0 Å². The molecule has 1 N–H and O–H groups in total. The second-order valence-electron chi connectivity index (χ2n) is 6.37. The van der Waals surface area contributed by atoms with Crippen LogP contribution in [0.1, 0.15) is 36.8 Å². The highest BCUT2D eigenvalue weighted by Gasteiger charge is 2.30. The Balaban J connectivity index is 1.59. The van der Waals surface area contributed by atoms with Gasteiger partial charge in [0.2, 0.25) is 0 Å². The Kier molecular flexibility index (Phi) is 4.27. The number of aliphatic carboxylic acids is 1. The van der Waals surface area contributed by atoms with Crippen LogP contribution in [-0.4, -0.2) is 53.1 Å². The number of hydrogen-bond acceptors (Lipinski definition) is 3. The van der Waals surface area contributed by atoms with Gasteiger partial charge in [-0.3, -0.25) is 14.6 Å². The molecule has 0 spiro atoms. The molecular weight excluding hydrogens is 264 g/mol. The summed E-state index contributed by atoms with van der Waals surface area (Å²) >= 11 is 0. The zero-order valence-electron chi connectivity index (χ0n) is 12.7. The van der Waals surface area contributed by atoms with Gasteiger partial charge in [-0.25, -0.2) is 0 Å². The SMILES string of the molecule is CC(C(=O)O)c1ccc(CN2CCN3CCCC3C2)cc1. The molecule has 4 nitrogen and oxygen atoms in total. The van der Waals surface area contributed by atoms with Gasteiger partial charge in [-0.1, -0.05) is 24.3 Å². The number of carboxylic acids is 1. The molecule has 0 bridgehead atoms. The van der Waals surface area contributed by atoms with Crippen LogP contribution in [0.15, 0.2) is 24.3 Å². The lowest BCUT2D eigenvalue weighted by Crippen LogP contribution is -2.49. The average molecular weight is 288 g/mol. The predicted molar refractivity (Wildman–Crippen MR) is 82.4 cm³/mol. The number of carboxylic acid groups (broad SMARTS) is 1. The van der Waals surface area contributed by atoms with Crippen molar-refractivity contribution in [2.24, 2.45) is 0 Å². The highest BCUT2D eigenvalue weighted by atomic mass is 16.4. The molecule has 4 heteroatoms. The van der Waals surface area contributed by atoms with Gasteiger partial charge in [0.1, 0.15) is 0 Å². The summed E-state index contributed by atoms with van der Waals surface area (Å²) in [6.45, 7) is 7.50. The first-order chi connectivity index (χ1) is 10.1. The van der Waals surface area contributed by atoms with Gasteiger partial charge >= 0.3 is 5.97 Å². The van der Waals surface area contributed by atoms with Crippen LogP contribution in [0.4, 0.5) is 0 Å². The molecule has 3 rings (SSSR count). The first-order valence-corrected chi connectivity index (χ1v) is 7.91. The number of rotatable bonds is 4. The number of fused-ring (bicyclic) bond motifs is 1. The first-order valence-electron chi connectivity index (χ1n) is 7.91. The lowest BCUT2D eigenvalue weighted by molar-refractivity contribution is -0.138. The summed E-state index contributed by atoms with van der Waals surface area (Å²) < 4.78 is 0. The van der Waals surface area contributed by atoms with E-state index in [0.717, 1.165) is 24.7 Å². The van der Waals surface area contributed by atoms with E-state index >= 15 is 0 Å². The van der Waals surface area contributed by atoms with E-state index in [0.29, 0.717) is 0 Å². The minimum absolute atomic E-state index is 0.430. The second kappa shape index (κ2) is 6.16. The maximum absolute atomic E-state index is 11.0. The van der Waals surface area contributed by atoms with Crippen molar-refractivity contribution < 1.29 is 9.90 Å². The summed E-state index contributed by atoms with van der Waals surface area (Å²) in [5.41, 5.74) is 2.16. The van der Waals surface area contributed by atoms with Crippen LogP contribution in [-0.2, 0) is 11.3 Å². The normalized spacial score (nSPS) is 24.7. The van der Waals surface area contributed by atoms with Crippen molar-refractivity contribution in [3.05, 3.63) is 35.4 Å². The van der Waals surface area contributed by atoms with Crippen LogP contribution in [0.25, 0.3) is 0 Å². The minimum Gasteiger partial charge on any atom is -0.481 e. The molecule has 2 fully saturated rings. The van der Waals surface area contributed by atoms with Gasteiger partial charge in [0.25, 0.3) is 0 Å². The fourth-order valence-electron chi connectivity index (χ4n) is 3.51. The first kappa shape index (κ1) is 14.5. The number of hydrogen-bond donors (Lipinski definition) is 1. The molecule has 2 atom stereocenters. The maximum Gasteiger partial charge on any atom is 0.310 e. The molecule has 2 unspecified atom stereocenters. The van der Waals surface area contributed by atoms with Gasteiger partial charge in [-0.15, -0.1) is 0 Å². The molecule has 1 aromatic carbocycles. The lowest BCUT2D eigenvalue weighted by Gasteiger charge is -2.37. The molecule has 2 aliphatic rings. The predicted octanol–water partition coefficient (Wildman–Crippen LogP) is 2.15. The van der Waals surface area contributed by atoms with Crippen molar-refractivity contribution in [1.29, 1.82) is 0 Å². The number of nitrogens with zero attached hydrogens (tertiary/aromatic N) is 2. The van der Waals surface area contributed by atoms with Crippen molar-refractivity contribution in [3.63, 3.8) is 0 Å². The molecule has 21 heavy (non-hydrogen) atoms. The van der Waals surface area contributed by atoms with Gasteiger partial charge in [-0.05, 0) is 37.4 Å². The van der Waals surface area contributed by atoms with E-state index in [2.05, 4.69) is 21.9 Å². The highest BCUT2D eigenvalue weighted by molar-refractivity contribution is 5.75. The van der Waals surface area contributed by atoms with E-state index < -0.39 is 11.9 Å². The smallest absolute Gasteiger partial charge is 0.310 e. The van der Waals surface area contributed by atoms with Crippen LogP contribution in [0.3, 0.4) is 0 Å². The molecule has 0 saturated carbocycles. The summed E-state index contributed by atoms with van der Waals surface area (Å²) in [6.07, 6.45) is 2.69. The molecule has 0 aromatic heterocycles. The molecule has 2 saturated heterocycles. The molecule has 114 valence electrons. The van der Waals surface area contributed by atoms with E-state index in [1.54, 1.807) is 6.92 Å². The topological polar surface area (TPSA) is 43.8 Å². The summed E-state index contributed by atoms with van der Waals surface area (Å²) in [7, 11) is 0. The van der Waals surface area contributed by atoms with Crippen LogP contribution in [0, 0.1) is 0 Å². The van der Waals surface area contributed by atoms with Crippen LogP contribution >= 0.6 is 0 Å². The van der Waals surface area contributed by atoms with Crippen molar-refractivity contribution in [3.8, 4) is 0 Å². The van der Waals surface area contributed by atoms with E-state index in [1.807, 2.05) is 12.1 Å². The van der Waals surface area contributed by atoms with Gasteiger partial charge in [-0.2, -0.15) is 0 Å². The van der Waals surface area contributed by atoms with Gasteiger partial charge in [0.15, 0.2) is 0 Å². The van der Waals surface area contributed by atoms with Crippen molar-refractivity contribution in [1.82, 2.24) is 9.80 Å². The maximum atomic E-state index is 11.0. The monoisotopic (exact) mass is 288 g/mol. The van der Waals surface area contributed by atoms with Crippen molar-refractivity contribution in [2.45, 2.75) is 38.3 Å². The largest absolute Gasteiger partial charge is 0.481 e. The van der Waals surface area contributed by atoms with Gasteiger partial charge < -0.3 is 5.11 Å². The third kappa shape index (κ3) is 3.27. The van der Waals surface area contributed by atoms with Crippen molar-refractivity contribution in [2.75, 3.05) is 26.2 Å². The number of carbonyl (C=O) groups is 1. The van der Waals surface area contributed by atoms with Gasteiger partial charge in [0.05, 0.1) is 5.92 Å². The summed E-state index contributed by atoms with van der Waals surface area (Å²) in [6, 6.07) is 8.83. The molecule has 2 heterocycles. The quantitative estimate of drug-likeness (QED) is 0.922. The Morgan fingerprint density at radius 1 is 1.29 bits per heavy atom. The highest BCUT2D eigenvalue weighted by Crippen LogP contribution is 2.23. The van der Waals surface area contributed by atoms with E-state index in [4.69, 9.17) is 5.11 Å². The fourth-order valence-corrected chi connectivity index (χ4v) is 3.51. The molecule has 0 aliphatic carbocycles. The zero-order valence-corrected chi connectivity index (χ0v) is 12.7. The Hall–Kier alpha value is -1.39. The summed E-state index contributed by atoms with van der Waals surface area (Å²) in [5.74, 6) is -1.19. The van der Waals surface area contributed by atoms with E-state index in [1.165, 1.54) is 38.0 Å². The average Bonchev–Trinajstić information content (AvgIpc) is 2.95. The second-order valence-corrected chi connectivity index (χ2v) is 6.37. The minimum atomic E-state index is -0.764. The van der Waals surface area contributed by atoms with E-state index in [9.17, 15) is 4.79 Å². The third-order valence-electron chi connectivity index (χ3n) is 4.93. The zero-order chi connectivity index (χ0) is 14.8. The Morgan fingerprint density at radius 2 is 2.05 bits per heavy atom. The Morgan fingerprint density at radius 3 is 2.76 bits per heavy atom. The molecular formula is C17H24N2O2. The number of piperazine rings is 1. The molecule has 0 radical (unpaired) electrons. The van der Waals surface area contributed by atoms with Crippen LogP contribution in [0.2, 0.25) is 0 Å². The Labute approximate surface area is 126 Å². The molecule has 2 aliphatic heterocycles. The summed E-state index contributed by atoms with van der Waals surface area (Å²) in [5, 5.41) is 9.04. The number of benzene rings is 1. The van der Waals surface area contributed by atoms with Gasteiger partial charge in [0, 0.05) is 32.2 Å². The third-order valence-corrected chi connectivity index (χ3v) is 4.93. The van der Waals surface area contributed by atoms with Crippen LogP contribution < -0.4 is 0 Å². The fraction of sp³-hybridized carbons (Fsp3) is 0.588. The standard InChI is InChI=1S/C17H24N2O2/c1-13(17(20)21)15-6-4-14(5-7-15)11-18-9-10-19-8-2-3-16(19)12-18/h4-7,13,16H,2-3,8-12H2,1H3,(H,20,21). The lowest BCUT2D eigenvalue weighted by atomic mass is 10.00. The molecule has 0 amide bonds. The Bertz CT molecular complexity index is 500. The van der Waals surface area contributed by atoms with E-state index in [-0.39, 0.29) is 0 Å². The van der Waals surface area contributed by atoms with Crippen molar-refractivity contribution >= 4 is 5.97 Å².